The third-order valence-corrected chi connectivity index (χ3v) is 4.68. The molecule has 10 heteroatoms. The van der Waals surface area contributed by atoms with Crippen molar-refractivity contribution in [1.29, 1.82) is 0 Å². The van der Waals surface area contributed by atoms with Crippen LogP contribution in [-0.4, -0.2) is 12.7 Å². The van der Waals surface area contributed by atoms with Crippen LogP contribution in [0.25, 0.3) is 0 Å². The number of rotatable bonds is 6. The molecule has 1 saturated heterocycles. The first-order chi connectivity index (χ1) is 10.6. The van der Waals surface area contributed by atoms with Crippen molar-refractivity contribution in [3.63, 3.8) is 0 Å². The summed E-state index contributed by atoms with van der Waals surface area (Å²) in [5.41, 5.74) is -0.251. The molecule has 1 atom stereocenters. The quantitative estimate of drug-likeness (QED) is 0.275. The fraction of sp³-hybridized carbons (Fsp3) is 0.600. The molecular formula is C15H21Na2O7P. The van der Waals surface area contributed by atoms with Gasteiger partial charge in [0.25, 0.3) is 5.79 Å². The Bertz CT molecular complexity index is 608. The Labute approximate surface area is 192 Å². The van der Waals surface area contributed by atoms with Gasteiger partial charge in [-0.3, -0.25) is 0 Å². The first-order valence-electron chi connectivity index (χ1n) is 7.33. The average molecular weight is 390 g/mol. The SMILES string of the molecule is COC1(c2cccc(OP(=O)([O-])[O-])c2)OOC1(C(C)C)C(C)C.[Na+].[Na+]. The second kappa shape index (κ2) is 9.50. The third kappa shape index (κ3) is 4.73. The third-order valence-electron chi connectivity index (χ3n) is 4.25. The molecule has 25 heavy (non-hydrogen) atoms. The molecule has 2 rings (SSSR count). The fourth-order valence-corrected chi connectivity index (χ4v) is 3.68. The number of phosphoric ester groups is 1. The number of hydrogen-bond acceptors (Lipinski definition) is 7. The monoisotopic (exact) mass is 390 g/mol. The van der Waals surface area contributed by atoms with Gasteiger partial charge in [0, 0.05) is 12.7 Å². The van der Waals surface area contributed by atoms with Crippen LogP contribution in [0.2, 0.25) is 0 Å². The molecule has 1 fully saturated rings. The Hall–Kier alpha value is 1.05. The maximum Gasteiger partial charge on any atom is 1.00 e. The minimum Gasteiger partial charge on any atom is -0.780 e. The van der Waals surface area contributed by atoms with Crippen molar-refractivity contribution in [3.05, 3.63) is 29.8 Å². The van der Waals surface area contributed by atoms with E-state index in [9.17, 15) is 14.4 Å². The topological polar surface area (TPSA) is 100 Å². The van der Waals surface area contributed by atoms with Crippen LogP contribution in [0, 0.1) is 11.8 Å². The molecule has 0 amide bonds. The summed E-state index contributed by atoms with van der Waals surface area (Å²) in [6, 6.07) is 6.06. The first-order valence-corrected chi connectivity index (χ1v) is 8.79. The number of ether oxygens (including phenoxy) is 1. The maximum atomic E-state index is 10.8. The van der Waals surface area contributed by atoms with Gasteiger partial charge in [-0.25, -0.2) is 4.89 Å². The van der Waals surface area contributed by atoms with E-state index >= 15 is 0 Å². The van der Waals surface area contributed by atoms with Gasteiger partial charge in [-0.15, -0.1) is 0 Å². The Balaban J connectivity index is 0.00000288. The first kappa shape index (κ1) is 26.1. The molecule has 1 heterocycles. The summed E-state index contributed by atoms with van der Waals surface area (Å²) in [5, 5.41) is 0. The molecule has 0 spiro atoms. The Morgan fingerprint density at radius 3 is 2.00 bits per heavy atom. The summed E-state index contributed by atoms with van der Waals surface area (Å²) in [5.74, 6) is -1.22. The minimum absolute atomic E-state index is 0. The van der Waals surface area contributed by atoms with Crippen LogP contribution >= 0.6 is 7.82 Å². The summed E-state index contributed by atoms with van der Waals surface area (Å²) < 4.78 is 20.9. The summed E-state index contributed by atoms with van der Waals surface area (Å²) >= 11 is 0. The predicted octanol–water partition coefficient (Wildman–Crippen LogP) is -4.29. The number of methoxy groups -OCH3 is 1. The van der Waals surface area contributed by atoms with Gasteiger partial charge in [0.1, 0.15) is 13.6 Å². The van der Waals surface area contributed by atoms with E-state index in [0.29, 0.717) is 5.56 Å². The van der Waals surface area contributed by atoms with E-state index in [1.54, 1.807) is 12.1 Å². The number of phosphoric acid groups is 1. The molecule has 1 aromatic carbocycles. The number of hydrogen-bond donors (Lipinski definition) is 0. The van der Waals surface area contributed by atoms with E-state index in [1.807, 2.05) is 27.7 Å². The second-order valence-electron chi connectivity index (χ2n) is 6.16. The van der Waals surface area contributed by atoms with E-state index in [2.05, 4.69) is 4.52 Å². The predicted molar refractivity (Wildman–Crippen MR) is 77.9 cm³/mol. The van der Waals surface area contributed by atoms with E-state index in [0.717, 1.165) is 0 Å². The Morgan fingerprint density at radius 2 is 1.64 bits per heavy atom. The smallest absolute Gasteiger partial charge is 0.780 e. The van der Waals surface area contributed by atoms with Gasteiger partial charge in [0.15, 0.2) is 5.60 Å². The molecule has 0 aromatic heterocycles. The van der Waals surface area contributed by atoms with Crippen LogP contribution in [0.4, 0.5) is 0 Å². The average Bonchev–Trinajstić information content (AvgIpc) is 2.36. The standard InChI is InChI=1S/C15H23O7P.2Na/c1-10(2)14(11(3)4)15(19-5,22-21-14)12-7-6-8-13(9-12)20-23(16,17)18;;/h6-11H,1-5H3,(H2,16,17,18);;/q;2*+1/p-2. The summed E-state index contributed by atoms with van der Waals surface area (Å²) in [6.45, 7) is 7.94. The van der Waals surface area contributed by atoms with Gasteiger partial charge >= 0.3 is 59.1 Å². The van der Waals surface area contributed by atoms with Gasteiger partial charge in [-0.05, 0) is 24.0 Å². The molecular weight excluding hydrogens is 369 g/mol. The zero-order valence-electron chi connectivity index (χ0n) is 15.8. The van der Waals surface area contributed by atoms with Crippen molar-refractivity contribution < 1.29 is 92.5 Å². The van der Waals surface area contributed by atoms with E-state index in [-0.39, 0.29) is 76.7 Å². The van der Waals surface area contributed by atoms with Gasteiger partial charge < -0.3 is 23.6 Å². The molecule has 0 bridgehead atoms. The largest absolute Gasteiger partial charge is 1.00 e. The number of benzene rings is 1. The second-order valence-corrected chi connectivity index (χ2v) is 7.23. The Kier molecular flexibility index (Phi) is 9.90. The van der Waals surface area contributed by atoms with Crippen LogP contribution in [-0.2, 0) is 24.9 Å². The molecule has 1 aromatic rings. The van der Waals surface area contributed by atoms with E-state index in [4.69, 9.17) is 14.5 Å². The minimum atomic E-state index is -5.14. The normalized spacial score (nSPS) is 22.0. The van der Waals surface area contributed by atoms with Gasteiger partial charge in [-0.2, -0.15) is 4.89 Å². The van der Waals surface area contributed by atoms with Crippen molar-refractivity contribution in [2.75, 3.05) is 7.11 Å². The molecule has 7 nitrogen and oxygen atoms in total. The molecule has 0 aliphatic carbocycles. The molecule has 1 aliphatic rings. The van der Waals surface area contributed by atoms with E-state index < -0.39 is 19.2 Å². The molecule has 0 saturated carbocycles. The van der Waals surface area contributed by atoms with Crippen molar-refractivity contribution in [2.24, 2.45) is 11.8 Å². The summed E-state index contributed by atoms with van der Waals surface area (Å²) in [7, 11) is -3.65. The molecule has 0 radical (unpaired) electrons. The van der Waals surface area contributed by atoms with Gasteiger partial charge in [0.05, 0.1) is 0 Å². The maximum absolute atomic E-state index is 10.8. The zero-order chi connectivity index (χ0) is 17.5. The molecule has 0 N–H and O–H groups in total. The van der Waals surface area contributed by atoms with Crippen molar-refractivity contribution in [2.45, 2.75) is 39.1 Å². The van der Waals surface area contributed by atoms with Gasteiger partial charge in [-0.1, -0.05) is 39.8 Å². The zero-order valence-corrected chi connectivity index (χ0v) is 20.7. The summed E-state index contributed by atoms with van der Waals surface area (Å²) in [4.78, 5) is 32.5. The Morgan fingerprint density at radius 1 is 1.08 bits per heavy atom. The van der Waals surface area contributed by atoms with Crippen molar-refractivity contribution in [1.82, 2.24) is 0 Å². The van der Waals surface area contributed by atoms with Crippen LogP contribution in [0.1, 0.15) is 33.3 Å². The van der Waals surface area contributed by atoms with Crippen molar-refractivity contribution >= 4 is 7.82 Å². The molecule has 1 aliphatic heterocycles. The van der Waals surface area contributed by atoms with Crippen LogP contribution in [0.5, 0.6) is 5.75 Å². The summed E-state index contributed by atoms with van der Waals surface area (Å²) in [6.07, 6.45) is 0. The molecule has 130 valence electrons. The van der Waals surface area contributed by atoms with E-state index in [1.165, 1.54) is 19.2 Å². The van der Waals surface area contributed by atoms with Crippen LogP contribution < -0.4 is 73.4 Å². The van der Waals surface area contributed by atoms with Crippen molar-refractivity contribution in [3.8, 4) is 5.75 Å². The fourth-order valence-electron chi connectivity index (χ4n) is 3.30. The van der Waals surface area contributed by atoms with Crippen LogP contribution in [0.15, 0.2) is 24.3 Å². The van der Waals surface area contributed by atoms with Crippen LogP contribution in [0.3, 0.4) is 0 Å². The molecule has 1 unspecified atom stereocenters. The van der Waals surface area contributed by atoms with Gasteiger partial charge in [0.2, 0.25) is 0 Å².